The predicted molar refractivity (Wildman–Crippen MR) is 64.8 cm³/mol. The Kier molecular flexibility index (Phi) is 3.15. The number of nitrogens with zero attached hydrogens (tertiary/aromatic N) is 1. The minimum absolute atomic E-state index is 0.200. The summed E-state index contributed by atoms with van der Waals surface area (Å²) >= 11 is 0. The molecule has 2 nitrogen and oxygen atoms in total. The van der Waals surface area contributed by atoms with Gasteiger partial charge in [0.1, 0.15) is 5.82 Å². The molecule has 0 bridgehead atoms. The molecule has 0 aliphatic heterocycles. The van der Waals surface area contributed by atoms with Crippen LogP contribution in [0.25, 0.3) is 0 Å². The fourth-order valence-corrected chi connectivity index (χ4v) is 2.08. The van der Waals surface area contributed by atoms with Crippen LogP contribution in [0.2, 0.25) is 0 Å². The molecule has 3 heteroatoms. The summed E-state index contributed by atoms with van der Waals surface area (Å²) in [5.74, 6) is 1.40. The lowest BCUT2D eigenvalue weighted by molar-refractivity contribution is 0.623. The molecule has 0 aromatic heterocycles. The SMILES string of the molecule is CC1CC1CN(C)c1cc(F)cc(CN)c1. The first-order valence-electron chi connectivity index (χ1n) is 5.81. The first-order chi connectivity index (χ1) is 7.60. The summed E-state index contributed by atoms with van der Waals surface area (Å²) in [6.45, 7) is 3.66. The highest BCUT2D eigenvalue weighted by atomic mass is 19.1. The van der Waals surface area contributed by atoms with Gasteiger partial charge < -0.3 is 10.6 Å². The molecule has 16 heavy (non-hydrogen) atoms. The van der Waals surface area contributed by atoms with Gasteiger partial charge in [0.05, 0.1) is 0 Å². The van der Waals surface area contributed by atoms with Gasteiger partial charge in [-0.25, -0.2) is 4.39 Å². The summed E-state index contributed by atoms with van der Waals surface area (Å²) in [7, 11) is 2.01. The number of halogens is 1. The van der Waals surface area contributed by atoms with E-state index in [1.807, 2.05) is 13.1 Å². The molecular formula is C13H19FN2. The number of anilines is 1. The van der Waals surface area contributed by atoms with Crippen molar-refractivity contribution in [2.24, 2.45) is 17.6 Å². The summed E-state index contributed by atoms with van der Waals surface area (Å²) in [6, 6.07) is 5.04. The Bertz CT molecular complexity index is 378. The smallest absolute Gasteiger partial charge is 0.125 e. The first kappa shape index (κ1) is 11.4. The number of benzene rings is 1. The molecule has 2 atom stereocenters. The maximum atomic E-state index is 13.3. The molecule has 2 rings (SSSR count). The topological polar surface area (TPSA) is 29.3 Å². The average Bonchev–Trinajstić information content (AvgIpc) is 2.93. The van der Waals surface area contributed by atoms with E-state index in [1.165, 1.54) is 12.5 Å². The number of nitrogens with two attached hydrogens (primary N) is 1. The number of rotatable bonds is 4. The zero-order valence-corrected chi connectivity index (χ0v) is 9.91. The van der Waals surface area contributed by atoms with Crippen molar-refractivity contribution in [1.29, 1.82) is 0 Å². The summed E-state index contributed by atoms with van der Waals surface area (Å²) < 4.78 is 13.3. The Labute approximate surface area is 96.2 Å². The largest absolute Gasteiger partial charge is 0.374 e. The van der Waals surface area contributed by atoms with E-state index in [4.69, 9.17) is 5.73 Å². The van der Waals surface area contributed by atoms with Gasteiger partial charge in [0.25, 0.3) is 0 Å². The van der Waals surface area contributed by atoms with Crippen LogP contribution in [0.15, 0.2) is 18.2 Å². The van der Waals surface area contributed by atoms with E-state index >= 15 is 0 Å². The van der Waals surface area contributed by atoms with Crippen molar-refractivity contribution in [3.05, 3.63) is 29.6 Å². The number of hydrogen-bond acceptors (Lipinski definition) is 2. The summed E-state index contributed by atoms with van der Waals surface area (Å²) in [5, 5.41) is 0. The van der Waals surface area contributed by atoms with Crippen LogP contribution < -0.4 is 10.6 Å². The Morgan fingerprint density at radius 1 is 1.44 bits per heavy atom. The third-order valence-corrected chi connectivity index (χ3v) is 3.40. The van der Waals surface area contributed by atoms with Crippen molar-refractivity contribution < 1.29 is 4.39 Å². The van der Waals surface area contributed by atoms with Gasteiger partial charge in [0, 0.05) is 25.8 Å². The Hall–Kier alpha value is -1.09. The van der Waals surface area contributed by atoms with Crippen molar-refractivity contribution in [3.8, 4) is 0 Å². The van der Waals surface area contributed by atoms with Crippen molar-refractivity contribution in [2.75, 3.05) is 18.5 Å². The van der Waals surface area contributed by atoms with E-state index < -0.39 is 0 Å². The molecule has 0 radical (unpaired) electrons. The van der Waals surface area contributed by atoms with Crippen LogP contribution in [0, 0.1) is 17.7 Å². The van der Waals surface area contributed by atoms with Gasteiger partial charge in [-0.1, -0.05) is 6.92 Å². The van der Waals surface area contributed by atoms with Crippen LogP contribution in [-0.4, -0.2) is 13.6 Å². The molecule has 1 aliphatic rings. The molecule has 88 valence electrons. The Balaban J connectivity index is 2.09. The Morgan fingerprint density at radius 2 is 2.12 bits per heavy atom. The van der Waals surface area contributed by atoms with E-state index in [0.29, 0.717) is 6.54 Å². The molecule has 1 saturated carbocycles. The second kappa shape index (κ2) is 4.42. The summed E-state index contributed by atoms with van der Waals surface area (Å²) in [4.78, 5) is 2.12. The Morgan fingerprint density at radius 3 is 2.69 bits per heavy atom. The lowest BCUT2D eigenvalue weighted by atomic mass is 10.1. The van der Waals surface area contributed by atoms with E-state index in [0.717, 1.165) is 29.6 Å². The fraction of sp³-hybridized carbons (Fsp3) is 0.538. The van der Waals surface area contributed by atoms with Crippen LogP contribution in [0.4, 0.5) is 10.1 Å². The van der Waals surface area contributed by atoms with Gasteiger partial charge in [-0.2, -0.15) is 0 Å². The van der Waals surface area contributed by atoms with Gasteiger partial charge in [-0.15, -0.1) is 0 Å². The van der Waals surface area contributed by atoms with Crippen molar-refractivity contribution in [2.45, 2.75) is 19.9 Å². The molecule has 2 unspecified atom stereocenters. The maximum Gasteiger partial charge on any atom is 0.125 e. The number of hydrogen-bond donors (Lipinski definition) is 1. The monoisotopic (exact) mass is 222 g/mol. The third kappa shape index (κ3) is 2.53. The molecule has 0 heterocycles. The van der Waals surface area contributed by atoms with Crippen LogP contribution >= 0.6 is 0 Å². The minimum Gasteiger partial charge on any atom is -0.374 e. The molecule has 1 aromatic rings. The zero-order chi connectivity index (χ0) is 11.7. The van der Waals surface area contributed by atoms with Crippen LogP contribution in [0.3, 0.4) is 0 Å². The molecule has 1 fully saturated rings. The highest BCUT2D eigenvalue weighted by Crippen LogP contribution is 2.38. The summed E-state index contributed by atoms with van der Waals surface area (Å²) in [6.07, 6.45) is 1.30. The van der Waals surface area contributed by atoms with Crippen molar-refractivity contribution in [3.63, 3.8) is 0 Å². The van der Waals surface area contributed by atoms with Crippen molar-refractivity contribution in [1.82, 2.24) is 0 Å². The summed E-state index contributed by atoms with van der Waals surface area (Å²) in [5.41, 5.74) is 7.32. The van der Waals surface area contributed by atoms with E-state index in [-0.39, 0.29) is 5.82 Å². The standard InChI is InChI=1S/C13H19FN2/c1-9-3-11(9)8-16(2)13-5-10(7-15)4-12(14)6-13/h4-6,9,11H,3,7-8,15H2,1-2H3. The predicted octanol–water partition coefficient (Wildman–Crippen LogP) is 2.38. The quantitative estimate of drug-likeness (QED) is 0.847. The lowest BCUT2D eigenvalue weighted by Crippen LogP contribution is -2.21. The highest BCUT2D eigenvalue weighted by Gasteiger charge is 2.33. The highest BCUT2D eigenvalue weighted by molar-refractivity contribution is 5.48. The van der Waals surface area contributed by atoms with Gasteiger partial charge >= 0.3 is 0 Å². The average molecular weight is 222 g/mol. The molecular weight excluding hydrogens is 203 g/mol. The first-order valence-corrected chi connectivity index (χ1v) is 5.81. The second-order valence-electron chi connectivity index (χ2n) is 4.88. The maximum absolute atomic E-state index is 13.3. The molecule has 0 amide bonds. The van der Waals surface area contributed by atoms with E-state index in [2.05, 4.69) is 11.8 Å². The van der Waals surface area contributed by atoms with Gasteiger partial charge in [0.15, 0.2) is 0 Å². The molecule has 2 N–H and O–H groups in total. The molecule has 0 spiro atoms. The zero-order valence-electron chi connectivity index (χ0n) is 9.91. The minimum atomic E-state index is -0.200. The second-order valence-corrected chi connectivity index (χ2v) is 4.88. The fourth-order valence-electron chi connectivity index (χ4n) is 2.08. The van der Waals surface area contributed by atoms with Crippen LogP contribution in [0.5, 0.6) is 0 Å². The van der Waals surface area contributed by atoms with Gasteiger partial charge in [-0.05, 0) is 42.0 Å². The van der Waals surface area contributed by atoms with E-state index in [1.54, 1.807) is 6.07 Å². The molecule has 1 aromatic carbocycles. The van der Waals surface area contributed by atoms with Gasteiger partial charge in [-0.3, -0.25) is 0 Å². The van der Waals surface area contributed by atoms with Gasteiger partial charge in [0.2, 0.25) is 0 Å². The van der Waals surface area contributed by atoms with Crippen LogP contribution in [0.1, 0.15) is 18.9 Å². The molecule has 1 aliphatic carbocycles. The van der Waals surface area contributed by atoms with Crippen molar-refractivity contribution >= 4 is 5.69 Å². The molecule has 0 saturated heterocycles. The normalized spacial score (nSPS) is 23.2. The van der Waals surface area contributed by atoms with E-state index in [9.17, 15) is 4.39 Å². The third-order valence-electron chi connectivity index (χ3n) is 3.40. The van der Waals surface area contributed by atoms with Crippen LogP contribution in [-0.2, 0) is 6.54 Å². The lowest BCUT2D eigenvalue weighted by Gasteiger charge is -2.20.